The molecule has 4 nitrogen and oxygen atoms in total. The summed E-state index contributed by atoms with van der Waals surface area (Å²) in [6.07, 6.45) is 3.25. The third kappa shape index (κ3) is 2.66. The van der Waals surface area contributed by atoms with Gasteiger partial charge in [-0.25, -0.2) is 0 Å². The molecule has 4 heteroatoms. The lowest BCUT2D eigenvalue weighted by Gasteiger charge is -2.43. The lowest BCUT2D eigenvalue weighted by Crippen LogP contribution is -2.47. The molecule has 0 aliphatic heterocycles. The van der Waals surface area contributed by atoms with Gasteiger partial charge in [-0.05, 0) is 37.5 Å². The predicted molar refractivity (Wildman–Crippen MR) is 76.0 cm³/mol. The quantitative estimate of drug-likeness (QED) is 0.888. The molecule has 0 radical (unpaired) electrons. The van der Waals surface area contributed by atoms with Gasteiger partial charge in [-0.2, -0.15) is 0 Å². The summed E-state index contributed by atoms with van der Waals surface area (Å²) in [6.45, 7) is 1.60. The van der Waals surface area contributed by atoms with Crippen LogP contribution >= 0.6 is 0 Å². The van der Waals surface area contributed by atoms with Crippen molar-refractivity contribution in [1.29, 1.82) is 0 Å². The fourth-order valence-electron chi connectivity index (χ4n) is 3.20. The number of carboxylic acids is 1. The number of hydrogen-bond donors (Lipinski definition) is 2. The van der Waals surface area contributed by atoms with Gasteiger partial charge in [-0.1, -0.05) is 25.0 Å². The molecule has 1 aromatic carbocycles. The van der Waals surface area contributed by atoms with E-state index >= 15 is 0 Å². The third-order valence-corrected chi connectivity index (χ3v) is 4.56. The first-order valence-electron chi connectivity index (χ1n) is 7.08. The number of hydrogen-bond acceptors (Lipinski definition) is 3. The summed E-state index contributed by atoms with van der Waals surface area (Å²) in [7, 11) is 1.61. The minimum Gasteiger partial charge on any atom is -0.497 e. The van der Waals surface area contributed by atoms with Crippen molar-refractivity contribution in [2.45, 2.75) is 44.1 Å². The predicted octanol–water partition coefficient (Wildman–Crippen LogP) is 2.80. The van der Waals surface area contributed by atoms with E-state index in [0.717, 1.165) is 30.6 Å². The molecule has 1 saturated carbocycles. The molecule has 20 heavy (non-hydrogen) atoms. The molecule has 0 aromatic heterocycles. The van der Waals surface area contributed by atoms with Crippen LogP contribution in [0.2, 0.25) is 0 Å². The van der Waals surface area contributed by atoms with Crippen LogP contribution in [0.15, 0.2) is 24.3 Å². The van der Waals surface area contributed by atoms with Crippen molar-refractivity contribution in [2.75, 3.05) is 7.11 Å². The van der Waals surface area contributed by atoms with E-state index in [1.54, 1.807) is 14.0 Å². The molecule has 3 atom stereocenters. The first kappa shape index (κ1) is 14.9. The second-order valence-electron chi connectivity index (χ2n) is 5.62. The Kier molecular flexibility index (Phi) is 4.33. The molecule has 0 heterocycles. The monoisotopic (exact) mass is 278 g/mol. The van der Waals surface area contributed by atoms with E-state index in [4.69, 9.17) is 4.74 Å². The fraction of sp³-hybridized carbons (Fsp3) is 0.562. The number of aliphatic carboxylic acids is 1. The number of ether oxygens (including phenoxy) is 1. The first-order chi connectivity index (χ1) is 9.49. The molecule has 1 aromatic rings. The van der Waals surface area contributed by atoms with Gasteiger partial charge < -0.3 is 14.9 Å². The molecule has 0 spiro atoms. The molecule has 1 fully saturated rings. The van der Waals surface area contributed by atoms with Crippen molar-refractivity contribution in [3.05, 3.63) is 29.8 Å². The highest BCUT2D eigenvalue weighted by Crippen LogP contribution is 2.45. The molecule has 1 aliphatic rings. The fourth-order valence-corrected chi connectivity index (χ4v) is 3.20. The molecule has 0 amide bonds. The molecular formula is C16H22O4. The highest BCUT2D eigenvalue weighted by molar-refractivity contribution is 5.71. The summed E-state index contributed by atoms with van der Waals surface area (Å²) < 4.78 is 5.14. The van der Waals surface area contributed by atoms with Crippen LogP contribution in [0.25, 0.3) is 0 Å². The van der Waals surface area contributed by atoms with Crippen molar-refractivity contribution in [3.8, 4) is 5.75 Å². The van der Waals surface area contributed by atoms with Crippen LogP contribution in [0.5, 0.6) is 5.75 Å². The Labute approximate surface area is 119 Å². The van der Waals surface area contributed by atoms with Gasteiger partial charge in [-0.3, -0.25) is 4.79 Å². The molecule has 1 aliphatic carbocycles. The van der Waals surface area contributed by atoms with Gasteiger partial charge in [0.1, 0.15) is 5.75 Å². The average molecular weight is 278 g/mol. The van der Waals surface area contributed by atoms with Gasteiger partial charge in [0.25, 0.3) is 0 Å². The Hall–Kier alpha value is -1.55. The molecular weight excluding hydrogens is 256 g/mol. The van der Waals surface area contributed by atoms with Gasteiger partial charge in [-0.15, -0.1) is 0 Å². The van der Waals surface area contributed by atoms with E-state index in [1.165, 1.54) is 0 Å². The zero-order valence-electron chi connectivity index (χ0n) is 12.0. The number of methoxy groups -OCH3 is 1. The van der Waals surface area contributed by atoms with E-state index in [9.17, 15) is 15.0 Å². The molecule has 0 bridgehead atoms. The minimum atomic E-state index is -1.17. The minimum absolute atomic E-state index is 0.131. The number of rotatable bonds is 4. The Bertz CT molecular complexity index is 468. The Morgan fingerprint density at radius 2 is 2.00 bits per heavy atom. The number of carbonyl (C=O) groups is 1. The smallest absolute Gasteiger partial charge is 0.309 e. The first-order valence-corrected chi connectivity index (χ1v) is 7.08. The second-order valence-corrected chi connectivity index (χ2v) is 5.62. The van der Waals surface area contributed by atoms with Crippen molar-refractivity contribution in [2.24, 2.45) is 5.92 Å². The summed E-state index contributed by atoms with van der Waals surface area (Å²) in [5.74, 6) is -1.07. The normalized spacial score (nSPS) is 27.9. The average Bonchev–Trinajstić information content (AvgIpc) is 2.47. The Balaban J connectivity index is 2.32. The van der Waals surface area contributed by atoms with E-state index in [2.05, 4.69) is 0 Å². The van der Waals surface area contributed by atoms with Crippen LogP contribution in [-0.2, 0) is 4.79 Å². The number of benzene rings is 1. The van der Waals surface area contributed by atoms with Gasteiger partial charge in [0, 0.05) is 5.92 Å². The molecule has 3 unspecified atom stereocenters. The van der Waals surface area contributed by atoms with Crippen LogP contribution in [0.1, 0.15) is 44.1 Å². The second kappa shape index (κ2) is 5.83. The summed E-state index contributed by atoms with van der Waals surface area (Å²) in [4.78, 5) is 11.3. The highest BCUT2D eigenvalue weighted by atomic mass is 16.5. The van der Waals surface area contributed by atoms with Crippen LogP contribution in [0, 0.1) is 5.92 Å². The zero-order chi connectivity index (χ0) is 14.8. The maximum absolute atomic E-state index is 11.3. The van der Waals surface area contributed by atoms with Crippen LogP contribution in [-0.4, -0.2) is 28.9 Å². The van der Waals surface area contributed by atoms with Gasteiger partial charge >= 0.3 is 5.97 Å². The standard InChI is InChI=1S/C16H22O4/c1-11(15(17)18)16(19)10-4-3-5-14(16)12-6-8-13(20-2)9-7-12/h6-9,11,14,19H,3-5,10H2,1-2H3,(H,17,18). The van der Waals surface area contributed by atoms with Gasteiger partial charge in [0.05, 0.1) is 18.6 Å². The number of aliphatic hydroxyl groups is 1. The Morgan fingerprint density at radius 1 is 1.35 bits per heavy atom. The summed E-state index contributed by atoms with van der Waals surface area (Å²) in [5.41, 5.74) is -0.181. The van der Waals surface area contributed by atoms with Crippen LogP contribution < -0.4 is 4.74 Å². The molecule has 110 valence electrons. The van der Waals surface area contributed by atoms with Crippen molar-refractivity contribution >= 4 is 5.97 Å². The zero-order valence-corrected chi connectivity index (χ0v) is 12.0. The molecule has 0 saturated heterocycles. The lowest BCUT2D eigenvalue weighted by atomic mass is 9.66. The summed E-state index contributed by atoms with van der Waals surface area (Å²) >= 11 is 0. The lowest BCUT2D eigenvalue weighted by molar-refractivity contribution is -0.155. The molecule has 2 N–H and O–H groups in total. The Morgan fingerprint density at radius 3 is 2.55 bits per heavy atom. The van der Waals surface area contributed by atoms with E-state index < -0.39 is 17.5 Å². The van der Waals surface area contributed by atoms with Crippen molar-refractivity contribution < 1.29 is 19.7 Å². The van der Waals surface area contributed by atoms with E-state index in [1.807, 2.05) is 24.3 Å². The number of carboxylic acid groups (broad SMARTS) is 1. The van der Waals surface area contributed by atoms with E-state index in [-0.39, 0.29) is 5.92 Å². The SMILES string of the molecule is COc1ccc(C2CCCCC2(O)C(C)C(=O)O)cc1. The maximum Gasteiger partial charge on any atom is 0.309 e. The largest absolute Gasteiger partial charge is 0.497 e. The van der Waals surface area contributed by atoms with Crippen molar-refractivity contribution in [3.63, 3.8) is 0 Å². The van der Waals surface area contributed by atoms with E-state index in [0.29, 0.717) is 6.42 Å². The van der Waals surface area contributed by atoms with Gasteiger partial charge in [0.2, 0.25) is 0 Å². The third-order valence-electron chi connectivity index (χ3n) is 4.56. The highest BCUT2D eigenvalue weighted by Gasteiger charge is 2.46. The van der Waals surface area contributed by atoms with Gasteiger partial charge in [0.15, 0.2) is 0 Å². The molecule has 2 rings (SSSR count). The van der Waals surface area contributed by atoms with Crippen molar-refractivity contribution in [1.82, 2.24) is 0 Å². The topological polar surface area (TPSA) is 66.8 Å². The van der Waals surface area contributed by atoms with Crippen LogP contribution in [0.3, 0.4) is 0 Å². The van der Waals surface area contributed by atoms with Crippen LogP contribution in [0.4, 0.5) is 0 Å². The summed E-state index contributed by atoms with van der Waals surface area (Å²) in [5, 5.41) is 20.2. The maximum atomic E-state index is 11.3. The summed E-state index contributed by atoms with van der Waals surface area (Å²) in [6, 6.07) is 7.56.